The molecule has 0 amide bonds. The standard InChI is InChI=1S/C15H20NO3P/c1-3-18-20(17,19-4-2)16-13-9-8-12-15(16)14-10-6-5-7-11-14/h5-13,15H,3-4H2,1-2H3. The monoisotopic (exact) mass is 293 g/mol. The van der Waals surface area contributed by atoms with Gasteiger partial charge in [-0.25, -0.2) is 4.57 Å². The largest absolute Gasteiger partial charge is 0.435 e. The smallest absolute Gasteiger partial charge is 0.292 e. The van der Waals surface area contributed by atoms with Crippen LogP contribution in [0.15, 0.2) is 54.8 Å². The van der Waals surface area contributed by atoms with Gasteiger partial charge in [-0.05, 0) is 25.5 Å². The zero-order valence-corrected chi connectivity index (χ0v) is 12.7. The van der Waals surface area contributed by atoms with Crippen LogP contribution in [0, 0.1) is 0 Å². The minimum atomic E-state index is -3.32. The second-order valence-corrected chi connectivity index (χ2v) is 6.18. The van der Waals surface area contributed by atoms with Crippen molar-refractivity contribution in [2.24, 2.45) is 0 Å². The van der Waals surface area contributed by atoms with E-state index >= 15 is 0 Å². The molecule has 0 aliphatic carbocycles. The SMILES string of the molecule is CCOP(=O)(OCC)N1C=CC=CC1c1ccccc1. The molecule has 0 N–H and O–H groups in total. The van der Waals surface area contributed by atoms with Crippen LogP contribution >= 0.6 is 7.75 Å². The molecule has 0 saturated carbocycles. The molecule has 1 aliphatic heterocycles. The summed E-state index contributed by atoms with van der Waals surface area (Å²) in [5.74, 6) is 0. The lowest BCUT2D eigenvalue weighted by molar-refractivity contribution is 0.175. The number of benzene rings is 1. The number of rotatable bonds is 6. The Bertz CT molecular complexity index is 517. The van der Waals surface area contributed by atoms with Gasteiger partial charge in [-0.15, -0.1) is 0 Å². The van der Waals surface area contributed by atoms with Crippen molar-refractivity contribution >= 4 is 7.75 Å². The van der Waals surface area contributed by atoms with Gasteiger partial charge in [0.15, 0.2) is 0 Å². The van der Waals surface area contributed by atoms with Crippen LogP contribution in [-0.4, -0.2) is 17.9 Å². The van der Waals surface area contributed by atoms with Gasteiger partial charge in [0.1, 0.15) is 0 Å². The first kappa shape index (κ1) is 15.0. The Hall–Kier alpha value is -1.35. The molecule has 0 radical (unpaired) electrons. The Balaban J connectivity index is 2.34. The highest BCUT2D eigenvalue weighted by Crippen LogP contribution is 2.57. The Morgan fingerprint density at radius 3 is 2.35 bits per heavy atom. The quantitative estimate of drug-likeness (QED) is 0.733. The van der Waals surface area contributed by atoms with Gasteiger partial charge >= 0.3 is 7.75 Å². The molecule has 1 atom stereocenters. The van der Waals surface area contributed by atoms with Gasteiger partial charge in [0.25, 0.3) is 0 Å². The summed E-state index contributed by atoms with van der Waals surface area (Å²) >= 11 is 0. The molecule has 1 aliphatic rings. The topological polar surface area (TPSA) is 38.8 Å². The molecule has 5 heteroatoms. The number of allylic oxidation sites excluding steroid dienone is 2. The lowest BCUT2D eigenvalue weighted by Gasteiger charge is -2.35. The molecule has 0 spiro atoms. The zero-order chi connectivity index (χ0) is 14.4. The maximum absolute atomic E-state index is 12.9. The minimum absolute atomic E-state index is 0.148. The first-order chi connectivity index (χ1) is 9.71. The van der Waals surface area contributed by atoms with Crippen LogP contribution in [0.25, 0.3) is 0 Å². The Labute approximate surface area is 120 Å². The summed E-state index contributed by atoms with van der Waals surface area (Å²) in [7, 11) is -3.32. The van der Waals surface area contributed by atoms with Gasteiger partial charge < -0.3 is 0 Å². The summed E-state index contributed by atoms with van der Waals surface area (Å²) in [6.45, 7) is 4.30. The van der Waals surface area contributed by atoms with Gasteiger partial charge in [0, 0.05) is 6.20 Å². The van der Waals surface area contributed by atoms with Crippen molar-refractivity contribution in [2.75, 3.05) is 13.2 Å². The van der Waals surface area contributed by atoms with Crippen LogP contribution in [0.4, 0.5) is 0 Å². The summed E-state index contributed by atoms with van der Waals surface area (Å²) in [5.41, 5.74) is 1.05. The molecule has 0 fully saturated rings. The van der Waals surface area contributed by atoms with E-state index in [1.807, 2.05) is 62.4 Å². The predicted molar refractivity (Wildman–Crippen MR) is 80.2 cm³/mol. The van der Waals surface area contributed by atoms with Gasteiger partial charge in [-0.2, -0.15) is 0 Å². The van der Waals surface area contributed by atoms with E-state index < -0.39 is 7.75 Å². The summed E-state index contributed by atoms with van der Waals surface area (Å²) in [6, 6.07) is 9.75. The van der Waals surface area contributed by atoms with Crippen molar-refractivity contribution in [3.63, 3.8) is 0 Å². The molecular weight excluding hydrogens is 273 g/mol. The number of nitrogens with zero attached hydrogens (tertiary/aromatic N) is 1. The van der Waals surface area contributed by atoms with Crippen LogP contribution in [0.3, 0.4) is 0 Å². The molecule has 2 rings (SSSR count). The average Bonchev–Trinajstić information content (AvgIpc) is 2.49. The molecule has 20 heavy (non-hydrogen) atoms. The molecule has 0 saturated heterocycles. The molecule has 108 valence electrons. The molecular formula is C15H20NO3P. The van der Waals surface area contributed by atoms with Crippen LogP contribution in [0.1, 0.15) is 25.5 Å². The predicted octanol–water partition coefficient (Wildman–Crippen LogP) is 4.29. The molecule has 0 bridgehead atoms. The van der Waals surface area contributed by atoms with Crippen molar-refractivity contribution in [3.8, 4) is 0 Å². The molecule has 1 aromatic carbocycles. The van der Waals surface area contributed by atoms with Crippen molar-refractivity contribution in [1.82, 2.24) is 4.67 Å². The summed E-state index contributed by atoms with van der Waals surface area (Å²) in [4.78, 5) is 0. The van der Waals surface area contributed by atoms with E-state index in [-0.39, 0.29) is 6.04 Å². The van der Waals surface area contributed by atoms with E-state index in [0.29, 0.717) is 13.2 Å². The maximum atomic E-state index is 12.9. The fraction of sp³-hybridized carbons (Fsp3) is 0.333. The Morgan fingerprint density at radius 1 is 1.10 bits per heavy atom. The maximum Gasteiger partial charge on any atom is 0.435 e. The number of hydrogen-bond donors (Lipinski definition) is 0. The summed E-state index contributed by atoms with van der Waals surface area (Å²) in [5, 5.41) is 0. The highest BCUT2D eigenvalue weighted by Gasteiger charge is 2.36. The normalized spacial score (nSPS) is 18.5. The van der Waals surface area contributed by atoms with E-state index in [4.69, 9.17) is 9.05 Å². The Kier molecular flexibility index (Phi) is 5.18. The average molecular weight is 293 g/mol. The third-order valence-corrected chi connectivity index (χ3v) is 5.05. The fourth-order valence-corrected chi connectivity index (χ4v) is 3.88. The van der Waals surface area contributed by atoms with Crippen molar-refractivity contribution < 1.29 is 13.6 Å². The van der Waals surface area contributed by atoms with E-state index in [1.54, 1.807) is 10.9 Å². The third kappa shape index (κ3) is 3.21. The van der Waals surface area contributed by atoms with Gasteiger partial charge in [0.2, 0.25) is 0 Å². The highest BCUT2D eigenvalue weighted by molar-refractivity contribution is 7.51. The van der Waals surface area contributed by atoms with Gasteiger partial charge in [-0.3, -0.25) is 13.7 Å². The fourth-order valence-electron chi connectivity index (χ4n) is 2.13. The highest BCUT2D eigenvalue weighted by atomic mass is 31.2. The van der Waals surface area contributed by atoms with Crippen LogP contribution in [-0.2, 0) is 13.6 Å². The second kappa shape index (κ2) is 6.89. The van der Waals surface area contributed by atoms with E-state index in [1.165, 1.54) is 0 Å². The van der Waals surface area contributed by atoms with Gasteiger partial charge in [0.05, 0.1) is 19.3 Å². The van der Waals surface area contributed by atoms with Crippen molar-refractivity contribution in [1.29, 1.82) is 0 Å². The van der Waals surface area contributed by atoms with E-state index in [0.717, 1.165) is 5.56 Å². The minimum Gasteiger partial charge on any atom is -0.292 e. The van der Waals surface area contributed by atoms with E-state index in [2.05, 4.69) is 0 Å². The third-order valence-electron chi connectivity index (χ3n) is 2.94. The molecule has 4 nitrogen and oxygen atoms in total. The lowest BCUT2D eigenvalue weighted by atomic mass is 10.1. The summed E-state index contributed by atoms with van der Waals surface area (Å²) in [6.07, 6.45) is 7.53. The molecule has 1 aromatic rings. The zero-order valence-electron chi connectivity index (χ0n) is 11.8. The van der Waals surface area contributed by atoms with Crippen molar-refractivity contribution in [3.05, 3.63) is 60.3 Å². The second-order valence-electron chi connectivity index (χ2n) is 4.27. The van der Waals surface area contributed by atoms with Crippen LogP contribution < -0.4 is 0 Å². The van der Waals surface area contributed by atoms with Crippen LogP contribution in [0.2, 0.25) is 0 Å². The molecule has 1 heterocycles. The van der Waals surface area contributed by atoms with Crippen LogP contribution in [0.5, 0.6) is 0 Å². The Morgan fingerprint density at radius 2 is 1.75 bits per heavy atom. The lowest BCUT2D eigenvalue weighted by Crippen LogP contribution is -2.23. The molecule has 0 aromatic heterocycles. The first-order valence-corrected chi connectivity index (χ1v) is 8.28. The number of hydrogen-bond acceptors (Lipinski definition) is 3. The summed E-state index contributed by atoms with van der Waals surface area (Å²) < 4.78 is 25.5. The van der Waals surface area contributed by atoms with E-state index in [9.17, 15) is 4.57 Å². The van der Waals surface area contributed by atoms with Gasteiger partial charge in [-0.1, -0.05) is 42.5 Å². The van der Waals surface area contributed by atoms with Crippen molar-refractivity contribution in [2.45, 2.75) is 19.9 Å². The first-order valence-electron chi connectivity index (χ1n) is 6.79. The molecule has 1 unspecified atom stereocenters.